The van der Waals surface area contributed by atoms with Crippen LogP contribution in [-0.4, -0.2) is 37.7 Å². The van der Waals surface area contributed by atoms with Gasteiger partial charge in [-0.2, -0.15) is 0 Å². The Labute approximate surface area is 122 Å². The summed E-state index contributed by atoms with van der Waals surface area (Å²) in [4.78, 5) is 23.2. The second-order valence-electron chi connectivity index (χ2n) is 6.77. The van der Waals surface area contributed by atoms with Crippen LogP contribution in [0.15, 0.2) is 0 Å². The highest BCUT2D eigenvalue weighted by Gasteiger charge is 2.20. The van der Waals surface area contributed by atoms with Crippen LogP contribution in [-0.2, 0) is 19.1 Å². The number of rotatable bonds is 8. The zero-order chi connectivity index (χ0) is 15.8. The number of esters is 1. The number of carbonyl (C=O) groups is 2. The normalized spacial score (nSPS) is 12.1. The Balaban J connectivity index is 3.92. The molecule has 0 spiro atoms. The number of ether oxygens (including phenoxy) is 2. The summed E-state index contributed by atoms with van der Waals surface area (Å²) in [7, 11) is 1.66. The highest BCUT2D eigenvalue weighted by Crippen LogP contribution is 2.18. The van der Waals surface area contributed by atoms with E-state index in [0.717, 1.165) is 6.42 Å². The van der Waals surface area contributed by atoms with Crippen molar-refractivity contribution in [3.63, 3.8) is 0 Å². The molecule has 5 nitrogen and oxygen atoms in total. The van der Waals surface area contributed by atoms with E-state index in [2.05, 4.69) is 19.2 Å². The first kappa shape index (κ1) is 18.9. The van der Waals surface area contributed by atoms with Crippen molar-refractivity contribution in [3.8, 4) is 0 Å². The molecule has 0 aliphatic rings. The van der Waals surface area contributed by atoms with Crippen molar-refractivity contribution < 1.29 is 19.1 Å². The van der Waals surface area contributed by atoms with Crippen LogP contribution in [0.5, 0.6) is 0 Å². The van der Waals surface area contributed by atoms with Gasteiger partial charge in [0.15, 0.2) is 0 Å². The maximum atomic E-state index is 11.7. The van der Waals surface area contributed by atoms with Gasteiger partial charge in [-0.25, -0.2) is 0 Å². The Morgan fingerprint density at radius 3 is 2.15 bits per heavy atom. The van der Waals surface area contributed by atoms with Crippen LogP contribution in [0.1, 0.15) is 53.9 Å². The van der Waals surface area contributed by atoms with Crippen molar-refractivity contribution in [2.24, 2.45) is 5.41 Å². The molecular formula is C15H29NO4. The van der Waals surface area contributed by atoms with Crippen molar-refractivity contribution in [1.82, 2.24) is 5.32 Å². The fourth-order valence-corrected chi connectivity index (χ4v) is 1.50. The lowest BCUT2D eigenvalue weighted by atomic mass is 9.89. The Morgan fingerprint density at radius 2 is 1.65 bits per heavy atom. The molecule has 0 aliphatic heterocycles. The second-order valence-corrected chi connectivity index (χ2v) is 6.77. The zero-order valence-electron chi connectivity index (χ0n) is 13.7. The molecule has 0 aliphatic carbocycles. The third kappa shape index (κ3) is 10.8. The number of methoxy groups -OCH3 is 1. The summed E-state index contributed by atoms with van der Waals surface area (Å²) in [5.74, 6) is -0.465. The molecule has 0 aromatic rings. The molecule has 20 heavy (non-hydrogen) atoms. The van der Waals surface area contributed by atoms with Crippen LogP contribution in [0.25, 0.3) is 0 Å². The van der Waals surface area contributed by atoms with E-state index in [9.17, 15) is 9.59 Å². The smallest absolute Gasteiger partial charge is 0.306 e. The van der Waals surface area contributed by atoms with E-state index < -0.39 is 5.60 Å². The van der Waals surface area contributed by atoms with Gasteiger partial charge in [-0.15, -0.1) is 0 Å². The molecule has 0 aromatic carbocycles. The van der Waals surface area contributed by atoms with Crippen LogP contribution < -0.4 is 5.32 Å². The molecule has 0 fully saturated rings. The number of nitrogens with one attached hydrogen (secondary N) is 1. The number of hydrogen-bond acceptors (Lipinski definition) is 4. The van der Waals surface area contributed by atoms with Gasteiger partial charge in [-0.05, 0) is 32.6 Å². The van der Waals surface area contributed by atoms with Crippen molar-refractivity contribution in [2.45, 2.75) is 59.5 Å². The standard InChI is InChI=1S/C15H29NO4/c1-14(2,3)20-13(18)8-7-12(17)16-11-15(4,5)9-10-19-6/h7-11H2,1-6H3,(H,16,17). The van der Waals surface area contributed by atoms with Crippen LogP contribution in [0, 0.1) is 5.41 Å². The Morgan fingerprint density at radius 1 is 1.05 bits per heavy atom. The molecular weight excluding hydrogens is 258 g/mol. The third-order valence-corrected chi connectivity index (χ3v) is 2.72. The first-order chi connectivity index (χ1) is 9.06. The van der Waals surface area contributed by atoms with E-state index in [4.69, 9.17) is 9.47 Å². The van der Waals surface area contributed by atoms with Gasteiger partial charge in [0.25, 0.3) is 0 Å². The number of amides is 1. The van der Waals surface area contributed by atoms with E-state index in [1.807, 2.05) is 20.8 Å². The molecule has 5 heteroatoms. The van der Waals surface area contributed by atoms with Gasteiger partial charge in [0.05, 0.1) is 6.42 Å². The van der Waals surface area contributed by atoms with Crippen LogP contribution in [0.3, 0.4) is 0 Å². The summed E-state index contributed by atoms with van der Waals surface area (Å²) in [6.45, 7) is 10.8. The topological polar surface area (TPSA) is 64.6 Å². The maximum absolute atomic E-state index is 11.7. The molecule has 0 heterocycles. The van der Waals surface area contributed by atoms with Gasteiger partial charge in [0.1, 0.15) is 5.60 Å². The van der Waals surface area contributed by atoms with Crippen LogP contribution >= 0.6 is 0 Å². The van der Waals surface area contributed by atoms with E-state index in [-0.39, 0.29) is 30.1 Å². The fourth-order valence-electron chi connectivity index (χ4n) is 1.50. The first-order valence-electron chi connectivity index (χ1n) is 7.03. The lowest BCUT2D eigenvalue weighted by Crippen LogP contribution is -2.35. The van der Waals surface area contributed by atoms with Gasteiger partial charge in [-0.3, -0.25) is 9.59 Å². The molecule has 1 N–H and O–H groups in total. The summed E-state index contributed by atoms with van der Waals surface area (Å²) in [5.41, 5.74) is -0.521. The van der Waals surface area contributed by atoms with Crippen molar-refractivity contribution in [1.29, 1.82) is 0 Å². The number of carbonyl (C=O) groups excluding carboxylic acids is 2. The lowest BCUT2D eigenvalue weighted by Gasteiger charge is -2.24. The zero-order valence-corrected chi connectivity index (χ0v) is 13.7. The Hall–Kier alpha value is -1.10. The summed E-state index contributed by atoms with van der Waals surface area (Å²) in [6.07, 6.45) is 1.15. The molecule has 0 unspecified atom stereocenters. The largest absolute Gasteiger partial charge is 0.460 e. The molecule has 0 rings (SSSR count). The average Bonchev–Trinajstić information content (AvgIpc) is 2.29. The van der Waals surface area contributed by atoms with E-state index in [0.29, 0.717) is 13.2 Å². The quantitative estimate of drug-likeness (QED) is 0.696. The summed E-state index contributed by atoms with van der Waals surface area (Å²) in [5, 5.41) is 2.85. The SMILES string of the molecule is COCCC(C)(C)CNC(=O)CCC(=O)OC(C)(C)C. The predicted molar refractivity (Wildman–Crippen MR) is 78.4 cm³/mol. The average molecular weight is 287 g/mol. The highest BCUT2D eigenvalue weighted by molar-refractivity contribution is 5.81. The minimum Gasteiger partial charge on any atom is -0.460 e. The highest BCUT2D eigenvalue weighted by atomic mass is 16.6. The van der Waals surface area contributed by atoms with Gasteiger partial charge < -0.3 is 14.8 Å². The van der Waals surface area contributed by atoms with E-state index in [1.54, 1.807) is 7.11 Å². The second kappa shape index (κ2) is 8.25. The van der Waals surface area contributed by atoms with Crippen molar-refractivity contribution in [3.05, 3.63) is 0 Å². The maximum Gasteiger partial charge on any atom is 0.306 e. The Bertz CT molecular complexity index is 318. The summed E-state index contributed by atoms with van der Waals surface area (Å²) < 4.78 is 10.2. The van der Waals surface area contributed by atoms with Crippen molar-refractivity contribution in [2.75, 3.05) is 20.3 Å². The fraction of sp³-hybridized carbons (Fsp3) is 0.867. The molecule has 0 aromatic heterocycles. The van der Waals surface area contributed by atoms with E-state index >= 15 is 0 Å². The molecule has 0 atom stereocenters. The summed E-state index contributed by atoms with van der Waals surface area (Å²) in [6, 6.07) is 0. The molecule has 1 amide bonds. The minimum absolute atomic E-state index is 0.0163. The van der Waals surface area contributed by atoms with Crippen LogP contribution in [0.4, 0.5) is 0 Å². The monoisotopic (exact) mass is 287 g/mol. The molecule has 118 valence electrons. The predicted octanol–water partition coefficient (Wildman–Crippen LogP) is 2.29. The lowest BCUT2D eigenvalue weighted by molar-refractivity contribution is -0.155. The number of hydrogen-bond donors (Lipinski definition) is 1. The third-order valence-electron chi connectivity index (χ3n) is 2.72. The molecule has 0 saturated heterocycles. The molecule has 0 radical (unpaired) electrons. The van der Waals surface area contributed by atoms with Gasteiger partial charge in [-0.1, -0.05) is 13.8 Å². The Kier molecular flexibility index (Phi) is 7.79. The van der Waals surface area contributed by atoms with Gasteiger partial charge in [0.2, 0.25) is 5.91 Å². The summed E-state index contributed by atoms with van der Waals surface area (Å²) >= 11 is 0. The minimum atomic E-state index is -0.504. The van der Waals surface area contributed by atoms with Crippen LogP contribution in [0.2, 0.25) is 0 Å². The van der Waals surface area contributed by atoms with E-state index in [1.165, 1.54) is 0 Å². The van der Waals surface area contributed by atoms with Gasteiger partial charge in [0, 0.05) is 26.7 Å². The first-order valence-corrected chi connectivity index (χ1v) is 7.03. The molecule has 0 saturated carbocycles. The van der Waals surface area contributed by atoms with Gasteiger partial charge >= 0.3 is 5.97 Å². The van der Waals surface area contributed by atoms with Crippen molar-refractivity contribution >= 4 is 11.9 Å². The molecule has 0 bridgehead atoms.